The number of rotatable bonds is 3. The van der Waals surface area contributed by atoms with Gasteiger partial charge in [0.15, 0.2) is 5.88 Å². The van der Waals surface area contributed by atoms with Crippen LogP contribution in [0.4, 0.5) is 5.69 Å². The average Bonchev–Trinajstić information content (AvgIpc) is 3.28. The number of aromatic nitrogens is 2. The molecule has 1 aliphatic heterocycles. The minimum absolute atomic E-state index is 0.166. The Labute approximate surface area is 167 Å². The van der Waals surface area contributed by atoms with Crippen molar-refractivity contribution in [3.8, 4) is 5.88 Å². The van der Waals surface area contributed by atoms with E-state index in [-0.39, 0.29) is 5.88 Å². The molecule has 0 saturated heterocycles. The zero-order valence-corrected chi connectivity index (χ0v) is 15.8. The second-order valence-electron chi connectivity index (χ2n) is 7.06. The number of H-pyrrole nitrogens is 1. The Kier molecular flexibility index (Phi) is 4.06. The van der Waals surface area contributed by atoms with Crippen LogP contribution in [-0.2, 0) is 0 Å². The second kappa shape index (κ2) is 6.87. The van der Waals surface area contributed by atoms with Crippen molar-refractivity contribution in [3.63, 3.8) is 0 Å². The van der Waals surface area contributed by atoms with Gasteiger partial charge < -0.3 is 10.1 Å². The maximum atomic E-state index is 10.4. The van der Waals surface area contributed by atoms with Gasteiger partial charge in [0.25, 0.3) is 0 Å². The zero-order chi connectivity index (χ0) is 19.8. The van der Waals surface area contributed by atoms with Crippen LogP contribution in [0.2, 0.25) is 0 Å². The smallest absolute Gasteiger partial charge is 0.196 e. The molecule has 2 N–H and O–H groups in total. The Morgan fingerprint density at radius 3 is 2.79 bits per heavy atom. The van der Waals surface area contributed by atoms with Crippen LogP contribution >= 0.6 is 0 Å². The topological polar surface area (TPSA) is 73.6 Å². The number of aryl methyl sites for hydroxylation is 1. The summed E-state index contributed by atoms with van der Waals surface area (Å²) < 4.78 is 0. The Morgan fingerprint density at radius 1 is 1.00 bits per heavy atom. The summed E-state index contributed by atoms with van der Waals surface area (Å²) in [6.07, 6.45) is 9.44. The SMILES string of the molecule is Cc1ccc2[nH]c(O)c(C=c3ccc4c(c3)N=NC=4/C=C/c3cccnc3)c2c1. The van der Waals surface area contributed by atoms with Gasteiger partial charge in [-0.1, -0.05) is 29.8 Å². The van der Waals surface area contributed by atoms with E-state index >= 15 is 0 Å². The molecular formula is C24H18N4O. The summed E-state index contributed by atoms with van der Waals surface area (Å²) in [5.74, 6) is 0.166. The summed E-state index contributed by atoms with van der Waals surface area (Å²) in [6.45, 7) is 2.04. The van der Waals surface area contributed by atoms with Crippen molar-refractivity contribution in [1.29, 1.82) is 0 Å². The van der Waals surface area contributed by atoms with Crippen LogP contribution in [0.3, 0.4) is 0 Å². The molecule has 2 aromatic carbocycles. The first-order chi connectivity index (χ1) is 14.2. The highest BCUT2D eigenvalue weighted by Crippen LogP contribution is 2.28. The molecule has 0 spiro atoms. The molecule has 3 heterocycles. The van der Waals surface area contributed by atoms with E-state index in [0.29, 0.717) is 0 Å². The molecule has 5 heteroatoms. The lowest BCUT2D eigenvalue weighted by Gasteiger charge is -1.96. The van der Waals surface area contributed by atoms with Crippen molar-refractivity contribution < 1.29 is 5.11 Å². The molecule has 0 amide bonds. The van der Waals surface area contributed by atoms with Crippen LogP contribution < -0.4 is 10.4 Å². The first-order valence-electron chi connectivity index (χ1n) is 9.35. The van der Waals surface area contributed by atoms with E-state index in [0.717, 1.165) is 49.4 Å². The number of azo groups is 1. The molecule has 29 heavy (non-hydrogen) atoms. The van der Waals surface area contributed by atoms with E-state index in [9.17, 15) is 5.11 Å². The van der Waals surface area contributed by atoms with E-state index in [1.807, 2.05) is 67.6 Å². The number of fused-ring (bicyclic) bond motifs is 2. The molecule has 0 atom stereocenters. The summed E-state index contributed by atoms with van der Waals surface area (Å²) >= 11 is 0. The predicted octanol–water partition coefficient (Wildman–Crippen LogP) is 4.32. The van der Waals surface area contributed by atoms with Gasteiger partial charge in [-0.05, 0) is 60.2 Å². The number of hydrogen-bond donors (Lipinski definition) is 2. The fourth-order valence-corrected chi connectivity index (χ4v) is 3.50. The van der Waals surface area contributed by atoms with Gasteiger partial charge in [-0.3, -0.25) is 4.98 Å². The van der Waals surface area contributed by atoms with Crippen molar-refractivity contribution >= 4 is 34.4 Å². The maximum Gasteiger partial charge on any atom is 0.196 e. The summed E-state index contributed by atoms with van der Waals surface area (Å²) in [5.41, 5.74) is 5.49. The third-order valence-electron chi connectivity index (χ3n) is 4.97. The molecule has 140 valence electrons. The van der Waals surface area contributed by atoms with Crippen LogP contribution in [0.25, 0.3) is 28.8 Å². The molecule has 0 bridgehead atoms. The van der Waals surface area contributed by atoms with Gasteiger partial charge in [-0.2, -0.15) is 0 Å². The minimum atomic E-state index is 0.166. The molecule has 0 unspecified atom stereocenters. The van der Waals surface area contributed by atoms with E-state index in [2.05, 4.69) is 26.3 Å². The Bertz CT molecular complexity index is 1410. The number of nitrogens with one attached hydrogen (secondary N) is 1. The quantitative estimate of drug-likeness (QED) is 0.557. The summed E-state index contributed by atoms with van der Waals surface area (Å²) in [5, 5.41) is 21.9. The van der Waals surface area contributed by atoms with Crippen LogP contribution in [0.5, 0.6) is 5.88 Å². The van der Waals surface area contributed by atoms with Gasteiger partial charge in [0.2, 0.25) is 0 Å². The highest BCUT2D eigenvalue weighted by Gasteiger charge is 2.10. The van der Waals surface area contributed by atoms with Crippen molar-refractivity contribution in [2.24, 2.45) is 10.2 Å². The third-order valence-corrected chi connectivity index (χ3v) is 4.97. The first kappa shape index (κ1) is 17.1. The number of aromatic amines is 1. The lowest BCUT2D eigenvalue weighted by Crippen LogP contribution is -2.08. The van der Waals surface area contributed by atoms with Gasteiger partial charge in [-0.15, -0.1) is 10.2 Å². The summed E-state index contributed by atoms with van der Waals surface area (Å²) in [6, 6.07) is 16.0. The predicted molar refractivity (Wildman–Crippen MR) is 115 cm³/mol. The summed E-state index contributed by atoms with van der Waals surface area (Å²) in [4.78, 5) is 7.14. The van der Waals surface area contributed by atoms with Crippen molar-refractivity contribution in [1.82, 2.24) is 9.97 Å². The van der Waals surface area contributed by atoms with E-state index in [4.69, 9.17) is 0 Å². The molecule has 4 aromatic rings. The molecule has 5 rings (SSSR count). The van der Waals surface area contributed by atoms with E-state index in [1.165, 1.54) is 0 Å². The van der Waals surface area contributed by atoms with Crippen molar-refractivity contribution in [2.75, 3.05) is 0 Å². The van der Waals surface area contributed by atoms with Crippen LogP contribution in [0.1, 0.15) is 16.7 Å². The van der Waals surface area contributed by atoms with E-state index < -0.39 is 0 Å². The maximum absolute atomic E-state index is 10.4. The number of hydrogen-bond acceptors (Lipinski definition) is 4. The first-order valence-corrected chi connectivity index (χ1v) is 9.35. The largest absolute Gasteiger partial charge is 0.494 e. The minimum Gasteiger partial charge on any atom is -0.494 e. The number of nitrogens with zero attached hydrogens (tertiary/aromatic N) is 3. The highest BCUT2D eigenvalue weighted by molar-refractivity contribution is 5.92. The van der Waals surface area contributed by atoms with Gasteiger partial charge in [0.1, 0.15) is 0 Å². The Morgan fingerprint density at radius 2 is 1.93 bits per heavy atom. The molecule has 0 aliphatic carbocycles. The zero-order valence-electron chi connectivity index (χ0n) is 15.8. The number of aromatic hydroxyl groups is 1. The normalized spacial score (nSPS) is 13.7. The fourth-order valence-electron chi connectivity index (χ4n) is 3.50. The van der Waals surface area contributed by atoms with Crippen LogP contribution in [0, 0.1) is 6.92 Å². The van der Waals surface area contributed by atoms with E-state index in [1.54, 1.807) is 12.4 Å². The number of pyridine rings is 1. The molecular weight excluding hydrogens is 360 g/mol. The Balaban J connectivity index is 1.57. The summed E-state index contributed by atoms with van der Waals surface area (Å²) in [7, 11) is 0. The molecule has 5 nitrogen and oxygen atoms in total. The van der Waals surface area contributed by atoms with Crippen LogP contribution in [-0.4, -0.2) is 15.1 Å². The lowest BCUT2D eigenvalue weighted by atomic mass is 10.1. The second-order valence-corrected chi connectivity index (χ2v) is 7.06. The van der Waals surface area contributed by atoms with Gasteiger partial charge in [-0.25, -0.2) is 0 Å². The lowest BCUT2D eigenvalue weighted by molar-refractivity contribution is 0.457. The monoisotopic (exact) mass is 378 g/mol. The third kappa shape index (κ3) is 3.23. The fraction of sp³-hybridized carbons (Fsp3) is 0.0417. The van der Waals surface area contributed by atoms with Gasteiger partial charge >= 0.3 is 0 Å². The molecule has 0 fully saturated rings. The Hall–Kier alpha value is -3.99. The van der Waals surface area contributed by atoms with Gasteiger partial charge in [0, 0.05) is 34.1 Å². The highest BCUT2D eigenvalue weighted by atomic mass is 16.3. The molecule has 2 aromatic heterocycles. The molecule has 0 saturated carbocycles. The van der Waals surface area contributed by atoms with Gasteiger partial charge in [0.05, 0.1) is 11.4 Å². The average molecular weight is 378 g/mol. The molecule has 1 aliphatic rings. The molecule has 0 radical (unpaired) electrons. The van der Waals surface area contributed by atoms with Crippen LogP contribution in [0.15, 0.2) is 77.2 Å². The standard InChI is InChI=1S/C24H18N4O/c1-15-4-8-21-19(11-15)20(24(29)26-21)12-17-5-7-18-22(27-28-23(18)13-17)9-6-16-3-2-10-25-14-16/h2-14,26,29H,1H3/b9-6+,17-12?. The van der Waals surface area contributed by atoms with Crippen molar-refractivity contribution in [2.45, 2.75) is 6.92 Å². The number of benzene rings is 2. The van der Waals surface area contributed by atoms with Crippen molar-refractivity contribution in [3.05, 3.63) is 94.1 Å².